The van der Waals surface area contributed by atoms with Crippen LogP contribution < -0.4 is 10.6 Å². The summed E-state index contributed by atoms with van der Waals surface area (Å²) in [5.74, 6) is 0.638. The monoisotopic (exact) mass is 258 g/mol. The van der Waals surface area contributed by atoms with E-state index in [1.807, 2.05) is 0 Å². The highest BCUT2D eigenvalue weighted by atomic mass is 32.1. The molecule has 0 amide bonds. The third-order valence-electron chi connectivity index (χ3n) is 2.38. The summed E-state index contributed by atoms with van der Waals surface area (Å²) in [5, 5.41) is 6.63. The molecule has 0 saturated carbocycles. The van der Waals surface area contributed by atoms with Crippen molar-refractivity contribution in [3.63, 3.8) is 0 Å². The van der Waals surface area contributed by atoms with Crippen LogP contribution in [0.1, 0.15) is 11.1 Å². The van der Waals surface area contributed by atoms with E-state index >= 15 is 0 Å². The molecule has 2 N–H and O–H groups in total. The number of rotatable bonds is 3. The van der Waals surface area contributed by atoms with Crippen LogP contribution >= 0.6 is 12.2 Å². The number of thiocarbonyl (C=S) groups is 1. The molecule has 0 aliphatic heterocycles. The molecule has 2 rings (SSSR count). The summed E-state index contributed by atoms with van der Waals surface area (Å²) in [6.45, 7) is 2.75. The lowest BCUT2D eigenvalue weighted by atomic mass is 10.1. The summed E-state index contributed by atoms with van der Waals surface area (Å²) in [7, 11) is 0. The molecule has 18 heavy (non-hydrogen) atoms. The molecule has 0 aliphatic carbocycles. The second-order valence-corrected chi connectivity index (χ2v) is 4.29. The quantitative estimate of drug-likeness (QED) is 0.827. The molecule has 1 heterocycles. The molecule has 0 spiro atoms. The highest BCUT2D eigenvalue weighted by molar-refractivity contribution is 7.80. The molecule has 0 radical (unpaired) electrons. The fourth-order valence-electron chi connectivity index (χ4n) is 1.41. The van der Waals surface area contributed by atoms with E-state index in [0.717, 1.165) is 0 Å². The lowest BCUT2D eigenvalue weighted by Gasteiger charge is -2.09. The first kappa shape index (κ1) is 12.4. The maximum atomic E-state index is 5.17. The van der Waals surface area contributed by atoms with Crippen LogP contribution in [0.2, 0.25) is 0 Å². The third-order valence-corrected chi connectivity index (χ3v) is 2.62. The average molecular weight is 258 g/mol. The highest BCUT2D eigenvalue weighted by Crippen LogP contribution is 2.03. The molecule has 1 aromatic carbocycles. The van der Waals surface area contributed by atoms with Crippen molar-refractivity contribution in [2.45, 2.75) is 13.5 Å². The second kappa shape index (κ2) is 6.07. The van der Waals surface area contributed by atoms with E-state index in [-0.39, 0.29) is 0 Å². The molecule has 5 heteroatoms. The maximum absolute atomic E-state index is 5.17. The van der Waals surface area contributed by atoms with Crippen molar-refractivity contribution in [2.24, 2.45) is 0 Å². The van der Waals surface area contributed by atoms with E-state index in [0.29, 0.717) is 17.5 Å². The smallest absolute Gasteiger partial charge is 0.172 e. The number of hydrogen-bond acceptors (Lipinski definition) is 3. The lowest BCUT2D eigenvalue weighted by Crippen LogP contribution is -2.28. The number of aryl methyl sites for hydroxylation is 1. The van der Waals surface area contributed by atoms with Crippen molar-refractivity contribution in [1.82, 2.24) is 15.3 Å². The molecule has 4 nitrogen and oxygen atoms in total. The van der Waals surface area contributed by atoms with Crippen molar-refractivity contribution in [1.29, 1.82) is 0 Å². The Hall–Kier alpha value is -2.01. The van der Waals surface area contributed by atoms with Gasteiger partial charge in [0.2, 0.25) is 0 Å². The van der Waals surface area contributed by atoms with E-state index in [2.05, 4.69) is 51.8 Å². The van der Waals surface area contributed by atoms with E-state index in [1.54, 1.807) is 18.6 Å². The van der Waals surface area contributed by atoms with E-state index in [4.69, 9.17) is 12.2 Å². The molecule has 0 bridgehead atoms. The fraction of sp³-hybridized carbons (Fsp3) is 0.154. The molecule has 0 aliphatic rings. The summed E-state index contributed by atoms with van der Waals surface area (Å²) in [4.78, 5) is 8.04. The predicted molar refractivity (Wildman–Crippen MR) is 76.3 cm³/mol. The van der Waals surface area contributed by atoms with Gasteiger partial charge in [-0.25, -0.2) is 4.98 Å². The van der Waals surface area contributed by atoms with Crippen LogP contribution in [0.4, 0.5) is 5.82 Å². The summed E-state index contributed by atoms with van der Waals surface area (Å²) < 4.78 is 0. The van der Waals surface area contributed by atoms with Gasteiger partial charge in [-0.2, -0.15) is 0 Å². The summed E-state index contributed by atoms with van der Waals surface area (Å²) >= 11 is 5.17. The lowest BCUT2D eigenvalue weighted by molar-refractivity contribution is 0.923. The number of nitrogens with one attached hydrogen (secondary N) is 2. The van der Waals surface area contributed by atoms with Gasteiger partial charge >= 0.3 is 0 Å². The standard InChI is InChI=1S/C13H14N4S/c1-10-2-4-11(5-3-10)8-16-13(18)17-12-9-14-6-7-15-12/h2-7,9H,8H2,1H3,(H2,15,16,17,18). The van der Waals surface area contributed by atoms with Crippen molar-refractivity contribution in [2.75, 3.05) is 5.32 Å². The van der Waals surface area contributed by atoms with Gasteiger partial charge in [-0.3, -0.25) is 4.98 Å². The molecule has 92 valence electrons. The Bertz CT molecular complexity index is 510. The SMILES string of the molecule is Cc1ccc(CNC(=S)Nc2cnccn2)cc1. The molecule has 0 atom stereocenters. The molecule has 0 saturated heterocycles. The minimum atomic E-state index is 0.538. The van der Waals surface area contributed by atoms with Crippen molar-refractivity contribution in [3.8, 4) is 0 Å². The highest BCUT2D eigenvalue weighted by Gasteiger charge is 1.98. The van der Waals surface area contributed by atoms with Gasteiger partial charge in [-0.15, -0.1) is 0 Å². The van der Waals surface area contributed by atoms with Gasteiger partial charge in [0.15, 0.2) is 10.9 Å². The molecular weight excluding hydrogens is 244 g/mol. The maximum Gasteiger partial charge on any atom is 0.172 e. The van der Waals surface area contributed by atoms with Crippen LogP contribution in [-0.2, 0) is 6.54 Å². The number of nitrogens with zero attached hydrogens (tertiary/aromatic N) is 2. The van der Waals surface area contributed by atoms with E-state index in [9.17, 15) is 0 Å². The fourth-order valence-corrected chi connectivity index (χ4v) is 1.59. The zero-order chi connectivity index (χ0) is 12.8. The van der Waals surface area contributed by atoms with Crippen LogP contribution in [0, 0.1) is 6.92 Å². The van der Waals surface area contributed by atoms with Crippen LogP contribution in [-0.4, -0.2) is 15.1 Å². The normalized spacial score (nSPS) is 9.83. The molecule has 1 aromatic heterocycles. The van der Waals surface area contributed by atoms with E-state index in [1.165, 1.54) is 11.1 Å². The number of benzene rings is 1. The Kier molecular flexibility index (Phi) is 4.20. The zero-order valence-electron chi connectivity index (χ0n) is 10.1. The minimum Gasteiger partial charge on any atom is -0.358 e. The van der Waals surface area contributed by atoms with Gasteiger partial charge < -0.3 is 10.6 Å². The Balaban J connectivity index is 1.83. The van der Waals surface area contributed by atoms with Crippen LogP contribution in [0.3, 0.4) is 0 Å². The number of hydrogen-bond donors (Lipinski definition) is 2. The zero-order valence-corrected chi connectivity index (χ0v) is 10.9. The minimum absolute atomic E-state index is 0.538. The first-order valence-corrected chi connectivity index (χ1v) is 6.01. The van der Waals surface area contributed by atoms with Gasteiger partial charge in [-0.05, 0) is 24.7 Å². The van der Waals surface area contributed by atoms with Gasteiger partial charge in [0, 0.05) is 18.9 Å². The number of aromatic nitrogens is 2. The van der Waals surface area contributed by atoms with Crippen molar-refractivity contribution < 1.29 is 0 Å². The summed E-state index contributed by atoms with van der Waals surface area (Å²) in [6, 6.07) is 8.31. The Morgan fingerprint density at radius 1 is 1.22 bits per heavy atom. The molecular formula is C13H14N4S. The summed E-state index contributed by atoms with van der Waals surface area (Å²) in [5.41, 5.74) is 2.43. The molecule has 0 unspecified atom stereocenters. The largest absolute Gasteiger partial charge is 0.358 e. The third kappa shape index (κ3) is 3.78. The Labute approximate surface area is 111 Å². The Morgan fingerprint density at radius 3 is 2.67 bits per heavy atom. The summed E-state index contributed by atoms with van der Waals surface area (Å²) in [6.07, 6.45) is 4.86. The first-order valence-electron chi connectivity index (χ1n) is 5.60. The second-order valence-electron chi connectivity index (χ2n) is 3.88. The predicted octanol–water partition coefficient (Wildman–Crippen LogP) is 2.27. The van der Waals surface area contributed by atoms with Gasteiger partial charge in [0.1, 0.15) is 0 Å². The van der Waals surface area contributed by atoms with E-state index < -0.39 is 0 Å². The van der Waals surface area contributed by atoms with Gasteiger partial charge in [0.25, 0.3) is 0 Å². The first-order chi connectivity index (χ1) is 8.74. The van der Waals surface area contributed by atoms with Crippen LogP contribution in [0.5, 0.6) is 0 Å². The van der Waals surface area contributed by atoms with Crippen LogP contribution in [0.25, 0.3) is 0 Å². The van der Waals surface area contributed by atoms with Crippen molar-refractivity contribution >= 4 is 23.1 Å². The van der Waals surface area contributed by atoms with Crippen LogP contribution in [0.15, 0.2) is 42.9 Å². The van der Waals surface area contributed by atoms with Gasteiger partial charge in [0.05, 0.1) is 6.20 Å². The van der Waals surface area contributed by atoms with Crippen molar-refractivity contribution in [3.05, 3.63) is 54.0 Å². The molecule has 2 aromatic rings. The Morgan fingerprint density at radius 2 is 2.00 bits per heavy atom. The van der Waals surface area contributed by atoms with Gasteiger partial charge in [-0.1, -0.05) is 29.8 Å². The topological polar surface area (TPSA) is 49.8 Å². The molecule has 0 fully saturated rings. The average Bonchev–Trinajstić information content (AvgIpc) is 2.39. The number of anilines is 1.